The SMILES string of the molecule is Cc1ccc2c(c1)N(CCC(=O)O)C(=O)/C(=C\c1ccc(Cl)cc1)O2. The highest BCUT2D eigenvalue weighted by molar-refractivity contribution is 6.30. The third kappa shape index (κ3) is 3.83. The molecule has 128 valence electrons. The van der Waals surface area contributed by atoms with Crippen molar-refractivity contribution < 1.29 is 19.4 Å². The molecule has 5 nitrogen and oxygen atoms in total. The fourth-order valence-corrected chi connectivity index (χ4v) is 2.69. The van der Waals surface area contributed by atoms with Crippen LogP contribution in [-0.4, -0.2) is 23.5 Å². The number of carboxylic acid groups (broad SMARTS) is 1. The van der Waals surface area contributed by atoms with Crippen molar-refractivity contribution in [1.82, 2.24) is 0 Å². The molecule has 2 aromatic carbocycles. The summed E-state index contributed by atoms with van der Waals surface area (Å²) in [6, 6.07) is 12.5. The third-order valence-electron chi connectivity index (χ3n) is 3.80. The standard InChI is InChI=1S/C19H16ClNO4/c1-12-2-7-16-15(10-12)21(9-8-18(22)23)19(24)17(25-16)11-13-3-5-14(20)6-4-13/h2-7,10-11H,8-9H2,1H3,(H,22,23)/b17-11+. The van der Waals surface area contributed by atoms with Gasteiger partial charge >= 0.3 is 5.97 Å². The van der Waals surface area contributed by atoms with Gasteiger partial charge in [-0.1, -0.05) is 29.8 Å². The number of halogens is 1. The number of carboxylic acids is 1. The van der Waals surface area contributed by atoms with Crippen LogP contribution in [0.1, 0.15) is 17.5 Å². The maximum atomic E-state index is 12.8. The Morgan fingerprint density at radius 3 is 2.64 bits per heavy atom. The molecule has 0 fully saturated rings. The van der Waals surface area contributed by atoms with Crippen molar-refractivity contribution in [3.63, 3.8) is 0 Å². The minimum atomic E-state index is -0.961. The van der Waals surface area contributed by atoms with Crippen molar-refractivity contribution in [2.75, 3.05) is 11.4 Å². The topological polar surface area (TPSA) is 66.8 Å². The van der Waals surface area contributed by atoms with Crippen molar-refractivity contribution in [3.8, 4) is 5.75 Å². The number of nitrogens with zero attached hydrogens (tertiary/aromatic N) is 1. The number of aryl methyl sites for hydroxylation is 1. The van der Waals surface area contributed by atoms with Gasteiger partial charge in [-0.05, 0) is 48.4 Å². The molecule has 3 rings (SSSR count). The van der Waals surface area contributed by atoms with Crippen LogP contribution in [-0.2, 0) is 9.59 Å². The summed E-state index contributed by atoms with van der Waals surface area (Å²) in [4.78, 5) is 25.2. The summed E-state index contributed by atoms with van der Waals surface area (Å²) < 4.78 is 5.76. The van der Waals surface area contributed by atoms with E-state index in [2.05, 4.69) is 0 Å². The van der Waals surface area contributed by atoms with Crippen molar-refractivity contribution in [3.05, 3.63) is 64.4 Å². The smallest absolute Gasteiger partial charge is 0.305 e. The van der Waals surface area contributed by atoms with Crippen LogP contribution in [0.15, 0.2) is 48.2 Å². The van der Waals surface area contributed by atoms with Gasteiger partial charge in [-0.2, -0.15) is 0 Å². The average molecular weight is 358 g/mol. The zero-order valence-electron chi connectivity index (χ0n) is 13.5. The summed E-state index contributed by atoms with van der Waals surface area (Å²) in [7, 11) is 0. The van der Waals surface area contributed by atoms with Gasteiger partial charge in [-0.3, -0.25) is 9.59 Å². The first-order valence-corrected chi connectivity index (χ1v) is 8.11. The number of fused-ring (bicyclic) bond motifs is 1. The van der Waals surface area contributed by atoms with E-state index in [1.165, 1.54) is 4.90 Å². The second-order valence-corrected chi connectivity index (χ2v) is 6.17. The Morgan fingerprint density at radius 2 is 1.96 bits per heavy atom. The second-order valence-electron chi connectivity index (χ2n) is 5.73. The molecule has 0 saturated heterocycles. The zero-order chi connectivity index (χ0) is 18.0. The Bertz CT molecular complexity index is 858. The Labute approximate surface area is 150 Å². The van der Waals surface area contributed by atoms with E-state index >= 15 is 0 Å². The first kappa shape index (κ1) is 17.0. The molecule has 0 radical (unpaired) electrons. The molecule has 1 aliphatic heterocycles. The molecule has 25 heavy (non-hydrogen) atoms. The van der Waals surface area contributed by atoms with Gasteiger partial charge in [0.05, 0.1) is 12.1 Å². The van der Waals surface area contributed by atoms with Gasteiger partial charge in [0.25, 0.3) is 5.91 Å². The number of ether oxygens (including phenoxy) is 1. The van der Waals surface area contributed by atoms with E-state index in [0.29, 0.717) is 16.5 Å². The fourth-order valence-electron chi connectivity index (χ4n) is 2.56. The summed E-state index contributed by atoms with van der Waals surface area (Å²) in [5.74, 6) is -0.661. The minimum absolute atomic E-state index is 0.0753. The largest absolute Gasteiger partial charge is 0.481 e. The summed E-state index contributed by atoms with van der Waals surface area (Å²) in [6.45, 7) is 1.98. The van der Waals surface area contributed by atoms with E-state index in [0.717, 1.165) is 11.1 Å². The lowest BCUT2D eigenvalue weighted by Crippen LogP contribution is -2.38. The quantitative estimate of drug-likeness (QED) is 0.843. The summed E-state index contributed by atoms with van der Waals surface area (Å²) in [5, 5.41) is 9.56. The van der Waals surface area contributed by atoms with Crippen LogP contribution in [0.4, 0.5) is 5.69 Å². The molecular weight excluding hydrogens is 342 g/mol. The predicted molar refractivity (Wildman–Crippen MR) is 95.8 cm³/mol. The number of amides is 1. The maximum absolute atomic E-state index is 12.8. The number of carbonyl (C=O) groups is 2. The van der Waals surface area contributed by atoms with Crippen LogP contribution in [0.2, 0.25) is 5.02 Å². The van der Waals surface area contributed by atoms with Crippen molar-refractivity contribution >= 4 is 35.2 Å². The summed E-state index contributed by atoms with van der Waals surface area (Å²) >= 11 is 5.88. The molecular formula is C19H16ClNO4. The lowest BCUT2D eigenvalue weighted by molar-refractivity contribution is -0.136. The van der Waals surface area contributed by atoms with Crippen molar-refractivity contribution in [2.45, 2.75) is 13.3 Å². The van der Waals surface area contributed by atoms with Gasteiger partial charge in [-0.15, -0.1) is 0 Å². The highest BCUT2D eigenvalue weighted by atomic mass is 35.5. The zero-order valence-corrected chi connectivity index (χ0v) is 14.3. The van der Waals surface area contributed by atoms with Crippen LogP contribution in [0.5, 0.6) is 5.75 Å². The van der Waals surface area contributed by atoms with Gasteiger partial charge < -0.3 is 14.7 Å². The van der Waals surface area contributed by atoms with Gasteiger partial charge in [-0.25, -0.2) is 0 Å². The van der Waals surface area contributed by atoms with Crippen LogP contribution in [0, 0.1) is 6.92 Å². The number of carbonyl (C=O) groups excluding carboxylic acids is 1. The molecule has 6 heteroatoms. The highest BCUT2D eigenvalue weighted by Crippen LogP contribution is 2.36. The van der Waals surface area contributed by atoms with Crippen LogP contribution >= 0.6 is 11.6 Å². The normalized spacial score (nSPS) is 15.0. The van der Waals surface area contributed by atoms with Gasteiger partial charge in [0.1, 0.15) is 0 Å². The van der Waals surface area contributed by atoms with Gasteiger partial charge in [0.15, 0.2) is 11.5 Å². The summed E-state index contributed by atoms with van der Waals surface area (Å²) in [5.41, 5.74) is 2.31. The molecule has 0 aliphatic carbocycles. The molecule has 0 atom stereocenters. The molecule has 0 bridgehead atoms. The Hall–Kier alpha value is -2.79. The first-order chi connectivity index (χ1) is 11.9. The Kier molecular flexibility index (Phi) is 4.76. The monoisotopic (exact) mass is 357 g/mol. The average Bonchev–Trinajstić information content (AvgIpc) is 2.57. The first-order valence-electron chi connectivity index (χ1n) is 7.73. The Morgan fingerprint density at radius 1 is 1.24 bits per heavy atom. The second kappa shape index (κ2) is 6.99. The molecule has 0 aromatic heterocycles. The van der Waals surface area contributed by atoms with E-state index in [4.69, 9.17) is 21.4 Å². The molecule has 1 heterocycles. The number of rotatable bonds is 4. The molecule has 1 N–H and O–H groups in total. The van der Waals surface area contributed by atoms with Gasteiger partial charge in [0.2, 0.25) is 0 Å². The number of hydrogen-bond donors (Lipinski definition) is 1. The third-order valence-corrected chi connectivity index (χ3v) is 4.05. The molecule has 0 spiro atoms. The molecule has 0 saturated carbocycles. The van der Waals surface area contributed by atoms with Crippen molar-refractivity contribution in [1.29, 1.82) is 0 Å². The van der Waals surface area contributed by atoms with E-state index < -0.39 is 5.97 Å². The van der Waals surface area contributed by atoms with Crippen molar-refractivity contribution in [2.24, 2.45) is 0 Å². The summed E-state index contributed by atoms with van der Waals surface area (Å²) in [6.07, 6.45) is 1.47. The van der Waals surface area contributed by atoms with E-state index in [1.54, 1.807) is 36.4 Å². The lowest BCUT2D eigenvalue weighted by atomic mass is 10.1. The lowest BCUT2D eigenvalue weighted by Gasteiger charge is -2.30. The minimum Gasteiger partial charge on any atom is -0.481 e. The maximum Gasteiger partial charge on any atom is 0.305 e. The van der Waals surface area contributed by atoms with E-state index in [9.17, 15) is 9.59 Å². The molecule has 2 aromatic rings. The predicted octanol–water partition coefficient (Wildman–Crippen LogP) is 3.89. The number of benzene rings is 2. The molecule has 0 unspecified atom stereocenters. The molecule has 1 amide bonds. The van der Waals surface area contributed by atoms with E-state index in [1.807, 2.05) is 19.1 Å². The fraction of sp³-hybridized carbons (Fsp3) is 0.158. The van der Waals surface area contributed by atoms with Crippen LogP contribution < -0.4 is 9.64 Å². The van der Waals surface area contributed by atoms with Gasteiger partial charge in [0, 0.05) is 11.6 Å². The number of aliphatic carboxylic acids is 1. The molecule has 1 aliphatic rings. The van der Waals surface area contributed by atoms with E-state index in [-0.39, 0.29) is 24.6 Å². The van der Waals surface area contributed by atoms with Crippen LogP contribution in [0.25, 0.3) is 6.08 Å². The van der Waals surface area contributed by atoms with Crippen LogP contribution in [0.3, 0.4) is 0 Å². The number of anilines is 1. The Balaban J connectivity index is 1.99. The number of hydrogen-bond acceptors (Lipinski definition) is 3. The highest BCUT2D eigenvalue weighted by Gasteiger charge is 2.30.